The number of rotatable bonds is 3. The summed E-state index contributed by atoms with van der Waals surface area (Å²) in [7, 11) is 0. The Morgan fingerprint density at radius 3 is 2.59 bits per heavy atom. The number of fused-ring (bicyclic) bond motifs is 2. The number of hydrogen-bond donors (Lipinski definition) is 0. The van der Waals surface area contributed by atoms with Crippen molar-refractivity contribution in [1.82, 2.24) is 9.38 Å². The van der Waals surface area contributed by atoms with Crippen LogP contribution in [0.5, 0.6) is 0 Å². The largest absolute Gasteiger partial charge is 0.417 e. The van der Waals surface area contributed by atoms with Crippen molar-refractivity contribution in [2.75, 3.05) is 11.4 Å². The number of pyridine rings is 1. The number of anilines is 1. The number of aromatic nitrogens is 2. The minimum atomic E-state index is -4.52. The molecule has 1 amide bonds. The summed E-state index contributed by atoms with van der Waals surface area (Å²) in [6.45, 7) is 3.68. The van der Waals surface area contributed by atoms with Gasteiger partial charge in [-0.25, -0.2) is 4.98 Å². The highest BCUT2D eigenvalue weighted by molar-refractivity contribution is 6.08. The molecule has 0 atom stereocenters. The Hall–Kier alpha value is -3.16. The molecule has 0 aliphatic carbocycles. The van der Waals surface area contributed by atoms with Gasteiger partial charge < -0.3 is 4.90 Å². The van der Waals surface area contributed by atoms with E-state index in [9.17, 15) is 22.8 Å². The molecule has 3 aromatic rings. The Kier molecular flexibility index (Phi) is 4.44. The van der Waals surface area contributed by atoms with Crippen LogP contribution in [0.4, 0.5) is 18.9 Å². The lowest BCUT2D eigenvalue weighted by molar-refractivity contribution is -0.137. The molecular formula is C21H18F3N3O2. The maximum Gasteiger partial charge on any atom is 0.417 e. The SMILES string of the molecule is CCc1nc2ccc(C(F)(F)F)cn2c1C(=O)N1CCc2cc(C(C)=O)ccc21. The van der Waals surface area contributed by atoms with Gasteiger partial charge in [0.2, 0.25) is 0 Å². The van der Waals surface area contributed by atoms with Gasteiger partial charge in [0.1, 0.15) is 11.3 Å². The third-order valence-corrected chi connectivity index (χ3v) is 5.18. The van der Waals surface area contributed by atoms with Gasteiger partial charge in [0.05, 0.1) is 11.3 Å². The van der Waals surface area contributed by atoms with Gasteiger partial charge in [-0.1, -0.05) is 6.92 Å². The molecule has 0 N–H and O–H groups in total. The van der Waals surface area contributed by atoms with Crippen LogP contribution in [0.1, 0.15) is 51.5 Å². The second-order valence-corrected chi connectivity index (χ2v) is 7.01. The van der Waals surface area contributed by atoms with Crippen molar-refractivity contribution in [1.29, 1.82) is 0 Å². The number of amides is 1. The quantitative estimate of drug-likeness (QED) is 0.614. The van der Waals surface area contributed by atoms with Crippen molar-refractivity contribution >= 4 is 23.0 Å². The Morgan fingerprint density at radius 1 is 1.17 bits per heavy atom. The number of carbonyl (C=O) groups is 2. The van der Waals surface area contributed by atoms with E-state index in [0.29, 0.717) is 42.0 Å². The summed E-state index contributed by atoms with van der Waals surface area (Å²) in [6, 6.07) is 7.37. The molecule has 0 fully saturated rings. The van der Waals surface area contributed by atoms with Crippen LogP contribution < -0.4 is 4.90 Å². The molecule has 0 bridgehead atoms. The fourth-order valence-corrected chi connectivity index (χ4v) is 3.69. The van der Waals surface area contributed by atoms with Crippen LogP contribution in [0.25, 0.3) is 5.65 Å². The second kappa shape index (κ2) is 6.72. The lowest BCUT2D eigenvalue weighted by Gasteiger charge is -2.18. The number of ketones is 1. The van der Waals surface area contributed by atoms with E-state index in [0.717, 1.165) is 17.8 Å². The van der Waals surface area contributed by atoms with Gasteiger partial charge in [0.15, 0.2) is 5.78 Å². The molecule has 150 valence electrons. The van der Waals surface area contributed by atoms with Crippen LogP contribution in [-0.4, -0.2) is 27.6 Å². The zero-order chi connectivity index (χ0) is 20.9. The van der Waals surface area contributed by atoms with E-state index in [-0.39, 0.29) is 11.5 Å². The van der Waals surface area contributed by atoms with Gasteiger partial charge in [-0.2, -0.15) is 13.2 Å². The van der Waals surface area contributed by atoms with Crippen molar-refractivity contribution in [3.8, 4) is 0 Å². The first kappa shape index (κ1) is 19.2. The minimum Gasteiger partial charge on any atom is -0.306 e. The molecule has 29 heavy (non-hydrogen) atoms. The van der Waals surface area contributed by atoms with E-state index in [4.69, 9.17) is 0 Å². The molecule has 0 unspecified atom stereocenters. The highest BCUT2D eigenvalue weighted by Gasteiger charge is 2.33. The molecule has 0 saturated carbocycles. The number of aryl methyl sites for hydroxylation is 1. The van der Waals surface area contributed by atoms with Crippen LogP contribution in [-0.2, 0) is 19.0 Å². The first-order chi connectivity index (χ1) is 13.7. The number of hydrogen-bond acceptors (Lipinski definition) is 3. The normalized spacial score (nSPS) is 13.8. The number of benzene rings is 1. The number of carbonyl (C=O) groups excluding carboxylic acids is 2. The molecule has 0 radical (unpaired) electrons. The van der Waals surface area contributed by atoms with Gasteiger partial charge in [0.25, 0.3) is 5.91 Å². The average molecular weight is 401 g/mol. The van der Waals surface area contributed by atoms with Gasteiger partial charge in [-0.3, -0.25) is 14.0 Å². The summed E-state index contributed by atoms with van der Waals surface area (Å²) < 4.78 is 40.8. The maximum absolute atomic E-state index is 13.4. The highest BCUT2D eigenvalue weighted by Crippen LogP contribution is 2.33. The highest BCUT2D eigenvalue weighted by atomic mass is 19.4. The molecule has 1 aliphatic heterocycles. The van der Waals surface area contributed by atoms with Crippen LogP contribution in [0, 0.1) is 0 Å². The first-order valence-corrected chi connectivity index (χ1v) is 9.24. The standard InChI is InChI=1S/C21H18F3N3O2/c1-3-16-19(27-11-15(21(22,23)24)5-7-18(27)25-16)20(29)26-9-8-14-10-13(12(2)28)4-6-17(14)26/h4-7,10-11H,3,8-9H2,1-2H3. The summed E-state index contributed by atoms with van der Waals surface area (Å²) in [6.07, 6.45) is -2.61. The fraction of sp³-hybridized carbons (Fsp3) is 0.286. The Labute approximate surface area is 164 Å². The summed E-state index contributed by atoms with van der Waals surface area (Å²) >= 11 is 0. The summed E-state index contributed by atoms with van der Waals surface area (Å²) in [5, 5.41) is 0. The lowest BCUT2D eigenvalue weighted by atomic mass is 10.1. The molecule has 1 aromatic carbocycles. The van der Waals surface area contributed by atoms with Crippen molar-refractivity contribution in [3.63, 3.8) is 0 Å². The maximum atomic E-state index is 13.4. The zero-order valence-electron chi connectivity index (χ0n) is 15.9. The predicted molar refractivity (Wildman–Crippen MR) is 101 cm³/mol. The van der Waals surface area contributed by atoms with E-state index < -0.39 is 17.6 Å². The molecular weight excluding hydrogens is 383 g/mol. The predicted octanol–water partition coefficient (Wildman–Crippen LogP) is 4.32. The van der Waals surface area contributed by atoms with Gasteiger partial charge in [-0.05, 0) is 55.7 Å². The lowest BCUT2D eigenvalue weighted by Crippen LogP contribution is -2.30. The smallest absolute Gasteiger partial charge is 0.306 e. The Balaban J connectivity index is 1.81. The number of alkyl halides is 3. The first-order valence-electron chi connectivity index (χ1n) is 9.24. The molecule has 5 nitrogen and oxygen atoms in total. The second-order valence-electron chi connectivity index (χ2n) is 7.01. The molecule has 3 heterocycles. The zero-order valence-corrected chi connectivity index (χ0v) is 15.9. The van der Waals surface area contributed by atoms with E-state index in [2.05, 4.69) is 4.98 Å². The minimum absolute atomic E-state index is 0.0627. The topological polar surface area (TPSA) is 54.7 Å². The summed E-state index contributed by atoms with van der Waals surface area (Å²) in [4.78, 5) is 30.9. The number of imidazole rings is 1. The third-order valence-electron chi connectivity index (χ3n) is 5.18. The molecule has 2 aromatic heterocycles. The van der Waals surface area contributed by atoms with E-state index in [1.807, 2.05) is 0 Å². The summed E-state index contributed by atoms with van der Waals surface area (Å²) in [5.74, 6) is -0.463. The molecule has 0 spiro atoms. The number of halogens is 3. The molecule has 1 aliphatic rings. The Bertz CT molecular complexity index is 1150. The summed E-state index contributed by atoms with van der Waals surface area (Å²) in [5.41, 5.74) is 2.14. The van der Waals surface area contributed by atoms with Gasteiger partial charge in [-0.15, -0.1) is 0 Å². The van der Waals surface area contributed by atoms with Crippen LogP contribution in [0.2, 0.25) is 0 Å². The number of Topliss-reactive ketones (excluding diaryl/α,β-unsaturated/α-hetero) is 1. The van der Waals surface area contributed by atoms with E-state index in [1.165, 1.54) is 17.4 Å². The Morgan fingerprint density at radius 2 is 1.93 bits per heavy atom. The molecule has 4 rings (SSSR count). The van der Waals surface area contributed by atoms with Crippen molar-refractivity contribution in [3.05, 3.63) is 64.6 Å². The van der Waals surface area contributed by atoms with Crippen LogP contribution >= 0.6 is 0 Å². The van der Waals surface area contributed by atoms with Crippen LogP contribution in [0.15, 0.2) is 36.5 Å². The van der Waals surface area contributed by atoms with Crippen molar-refractivity contribution in [2.45, 2.75) is 32.9 Å². The van der Waals surface area contributed by atoms with Gasteiger partial charge in [0, 0.05) is 24.0 Å². The van der Waals surface area contributed by atoms with Crippen molar-refractivity contribution in [2.24, 2.45) is 0 Å². The third kappa shape index (κ3) is 3.18. The molecule has 8 heteroatoms. The van der Waals surface area contributed by atoms with E-state index >= 15 is 0 Å². The van der Waals surface area contributed by atoms with Gasteiger partial charge >= 0.3 is 6.18 Å². The molecule has 0 saturated heterocycles. The average Bonchev–Trinajstić information content (AvgIpc) is 3.26. The van der Waals surface area contributed by atoms with E-state index in [1.54, 1.807) is 30.0 Å². The van der Waals surface area contributed by atoms with Crippen LogP contribution in [0.3, 0.4) is 0 Å². The number of nitrogens with zero attached hydrogens (tertiary/aromatic N) is 3. The van der Waals surface area contributed by atoms with Crippen molar-refractivity contribution < 1.29 is 22.8 Å². The monoisotopic (exact) mass is 401 g/mol. The fourth-order valence-electron chi connectivity index (χ4n) is 3.69.